The largest absolute Gasteiger partial charge is 0.493 e. The minimum atomic E-state index is 0.613. The van der Waals surface area contributed by atoms with Gasteiger partial charge in [-0.1, -0.05) is 0 Å². The van der Waals surface area contributed by atoms with Gasteiger partial charge in [0.15, 0.2) is 23.0 Å². The maximum atomic E-state index is 5.38. The Morgan fingerprint density at radius 2 is 1.03 bits per heavy atom. The van der Waals surface area contributed by atoms with Gasteiger partial charge in [0.1, 0.15) is 0 Å². The molecule has 0 aliphatic heterocycles. The van der Waals surface area contributed by atoms with E-state index >= 15 is 0 Å². The second-order valence-electron chi connectivity index (χ2n) is 6.09. The van der Waals surface area contributed by atoms with Crippen LogP contribution in [-0.4, -0.2) is 64.6 Å². The number of pyridine rings is 2. The smallest absolute Gasteiger partial charge is 0.183 e. The van der Waals surface area contributed by atoms with E-state index in [-0.39, 0.29) is 0 Å². The van der Waals surface area contributed by atoms with Gasteiger partial charge in [-0.15, -0.1) is 0 Å². The van der Waals surface area contributed by atoms with E-state index < -0.39 is 0 Å². The lowest BCUT2D eigenvalue weighted by atomic mass is 10.3. The summed E-state index contributed by atoms with van der Waals surface area (Å²) >= 11 is 0. The summed E-state index contributed by atoms with van der Waals surface area (Å²) in [4.78, 5) is 8.70. The lowest BCUT2D eigenvalue weighted by Crippen LogP contribution is -2.32. The molecule has 0 saturated heterocycles. The van der Waals surface area contributed by atoms with Gasteiger partial charge in [0, 0.05) is 63.8 Å². The highest BCUT2D eigenvalue weighted by Crippen LogP contribution is 2.29. The zero-order valence-corrected chi connectivity index (χ0v) is 17.6. The highest BCUT2D eigenvalue weighted by atomic mass is 16.5. The van der Waals surface area contributed by atoms with E-state index in [1.165, 1.54) is 0 Å². The first kappa shape index (κ1) is 22.7. The molecule has 0 unspecified atom stereocenters. The Bertz CT molecular complexity index is 683. The molecule has 0 aromatic carbocycles. The molecule has 9 nitrogen and oxygen atoms in total. The molecule has 0 fully saturated rings. The van der Waals surface area contributed by atoms with Gasteiger partial charge in [-0.3, -0.25) is 9.97 Å². The summed E-state index contributed by atoms with van der Waals surface area (Å²) in [5.74, 6) is 2.71. The average Bonchev–Trinajstić information content (AvgIpc) is 2.77. The third-order valence-electron chi connectivity index (χ3n) is 4.27. The minimum Gasteiger partial charge on any atom is -0.493 e. The summed E-state index contributed by atoms with van der Waals surface area (Å²) in [6.45, 7) is 4.53. The van der Waals surface area contributed by atoms with Crippen molar-refractivity contribution in [1.29, 1.82) is 0 Å². The molecule has 2 rings (SSSR count). The SMILES string of the molecule is COc1ccnc(CNCCNCCNCc2nccc(OC)c2OC)c1OC. The fourth-order valence-corrected chi connectivity index (χ4v) is 2.85. The van der Waals surface area contributed by atoms with Crippen molar-refractivity contribution in [3.63, 3.8) is 0 Å². The van der Waals surface area contributed by atoms with Crippen molar-refractivity contribution in [1.82, 2.24) is 25.9 Å². The lowest BCUT2D eigenvalue weighted by Gasteiger charge is -2.13. The van der Waals surface area contributed by atoms with Gasteiger partial charge < -0.3 is 34.9 Å². The number of ether oxygens (including phenoxy) is 4. The third kappa shape index (κ3) is 6.74. The Morgan fingerprint density at radius 1 is 0.621 bits per heavy atom. The predicted molar refractivity (Wildman–Crippen MR) is 111 cm³/mol. The van der Waals surface area contributed by atoms with Crippen LogP contribution < -0.4 is 34.9 Å². The Kier molecular flexibility index (Phi) is 9.98. The summed E-state index contributed by atoms with van der Waals surface area (Å²) in [6.07, 6.45) is 3.43. The van der Waals surface area contributed by atoms with Crippen LogP contribution in [0.1, 0.15) is 11.4 Å². The molecule has 0 radical (unpaired) electrons. The van der Waals surface area contributed by atoms with Gasteiger partial charge in [0.2, 0.25) is 0 Å². The van der Waals surface area contributed by atoms with E-state index in [0.29, 0.717) is 36.1 Å². The zero-order valence-electron chi connectivity index (χ0n) is 17.6. The molecule has 0 aliphatic rings. The number of hydrogen-bond donors (Lipinski definition) is 3. The van der Waals surface area contributed by atoms with Gasteiger partial charge in [0.05, 0.1) is 39.8 Å². The molecular weight excluding hydrogens is 374 g/mol. The molecule has 2 aromatic heterocycles. The van der Waals surface area contributed by atoms with Crippen molar-refractivity contribution in [2.24, 2.45) is 0 Å². The van der Waals surface area contributed by atoms with E-state index in [4.69, 9.17) is 18.9 Å². The molecule has 0 spiro atoms. The summed E-state index contributed by atoms with van der Waals surface area (Å²) < 4.78 is 21.3. The van der Waals surface area contributed by atoms with Gasteiger partial charge >= 0.3 is 0 Å². The lowest BCUT2D eigenvalue weighted by molar-refractivity contribution is 0.348. The maximum Gasteiger partial charge on any atom is 0.183 e. The number of aromatic nitrogens is 2. The topological polar surface area (TPSA) is 98.8 Å². The van der Waals surface area contributed by atoms with Gasteiger partial charge in [-0.05, 0) is 0 Å². The molecule has 9 heteroatoms. The Hall–Kier alpha value is -2.62. The maximum absolute atomic E-state index is 5.38. The summed E-state index contributed by atoms with van der Waals surface area (Å²) in [7, 11) is 6.48. The van der Waals surface area contributed by atoms with E-state index in [1.807, 2.05) is 0 Å². The normalized spacial score (nSPS) is 10.6. The van der Waals surface area contributed by atoms with E-state index in [9.17, 15) is 0 Å². The monoisotopic (exact) mass is 405 g/mol. The van der Waals surface area contributed by atoms with Crippen molar-refractivity contribution in [3.05, 3.63) is 35.9 Å². The van der Waals surface area contributed by atoms with Crippen LogP contribution in [0, 0.1) is 0 Å². The first-order valence-electron chi connectivity index (χ1n) is 9.49. The third-order valence-corrected chi connectivity index (χ3v) is 4.27. The first-order valence-corrected chi connectivity index (χ1v) is 9.49. The molecule has 0 atom stereocenters. The quantitative estimate of drug-likeness (QED) is 0.397. The number of nitrogens with one attached hydrogen (secondary N) is 3. The van der Waals surface area contributed by atoms with Crippen LogP contribution in [0.15, 0.2) is 24.5 Å². The molecule has 0 bridgehead atoms. The molecule has 2 aromatic rings. The summed E-state index contributed by atoms with van der Waals surface area (Å²) in [5, 5.41) is 10.1. The number of methoxy groups -OCH3 is 4. The predicted octanol–water partition coefficient (Wildman–Crippen LogP) is 0.980. The van der Waals surface area contributed by atoms with Crippen molar-refractivity contribution in [2.45, 2.75) is 13.1 Å². The molecule has 0 amide bonds. The first-order chi connectivity index (χ1) is 14.2. The standard InChI is InChI=1S/C20H31N5O4/c1-26-17-5-7-24-15(19(17)28-3)13-22-11-9-21-10-12-23-14-16-20(29-4)18(27-2)6-8-25-16/h5-8,21-23H,9-14H2,1-4H3. The van der Waals surface area contributed by atoms with E-state index in [1.54, 1.807) is 53.0 Å². The van der Waals surface area contributed by atoms with Crippen LogP contribution in [0.4, 0.5) is 0 Å². The summed E-state index contributed by atoms with van der Waals surface area (Å²) in [6, 6.07) is 3.57. The van der Waals surface area contributed by atoms with Gasteiger partial charge in [-0.25, -0.2) is 0 Å². The fraction of sp³-hybridized carbons (Fsp3) is 0.500. The highest BCUT2D eigenvalue weighted by molar-refractivity contribution is 5.43. The van der Waals surface area contributed by atoms with Crippen molar-refractivity contribution in [3.8, 4) is 23.0 Å². The molecular formula is C20H31N5O4. The van der Waals surface area contributed by atoms with Gasteiger partial charge in [0.25, 0.3) is 0 Å². The number of rotatable bonds is 14. The van der Waals surface area contributed by atoms with E-state index in [0.717, 1.165) is 37.6 Å². The molecule has 160 valence electrons. The molecule has 0 saturated carbocycles. The molecule has 29 heavy (non-hydrogen) atoms. The van der Waals surface area contributed by atoms with Crippen molar-refractivity contribution < 1.29 is 18.9 Å². The van der Waals surface area contributed by atoms with Gasteiger partial charge in [-0.2, -0.15) is 0 Å². The molecule has 0 aliphatic carbocycles. The Balaban J connectivity index is 1.61. The Labute approximate surface area is 172 Å². The zero-order chi connectivity index (χ0) is 20.9. The number of hydrogen-bond acceptors (Lipinski definition) is 9. The Morgan fingerprint density at radius 3 is 1.41 bits per heavy atom. The highest BCUT2D eigenvalue weighted by Gasteiger charge is 2.11. The van der Waals surface area contributed by atoms with Crippen LogP contribution in [0.5, 0.6) is 23.0 Å². The van der Waals surface area contributed by atoms with Crippen LogP contribution in [0.3, 0.4) is 0 Å². The average molecular weight is 405 g/mol. The number of nitrogens with zero attached hydrogens (tertiary/aromatic N) is 2. The second-order valence-corrected chi connectivity index (χ2v) is 6.09. The van der Waals surface area contributed by atoms with Crippen LogP contribution in [0.2, 0.25) is 0 Å². The van der Waals surface area contributed by atoms with Crippen molar-refractivity contribution >= 4 is 0 Å². The minimum absolute atomic E-state index is 0.613. The van der Waals surface area contributed by atoms with E-state index in [2.05, 4.69) is 25.9 Å². The molecule has 2 heterocycles. The fourth-order valence-electron chi connectivity index (χ4n) is 2.85. The second kappa shape index (κ2) is 12.8. The summed E-state index contributed by atoms with van der Waals surface area (Å²) in [5.41, 5.74) is 1.65. The van der Waals surface area contributed by atoms with Crippen molar-refractivity contribution in [2.75, 3.05) is 54.6 Å². The molecule has 3 N–H and O–H groups in total. The van der Waals surface area contributed by atoms with Crippen LogP contribution >= 0.6 is 0 Å². The van der Waals surface area contributed by atoms with Crippen LogP contribution in [0.25, 0.3) is 0 Å². The van der Waals surface area contributed by atoms with Crippen LogP contribution in [-0.2, 0) is 13.1 Å².